The fourth-order valence-corrected chi connectivity index (χ4v) is 3.80. The van der Waals surface area contributed by atoms with Crippen molar-refractivity contribution >= 4 is 11.8 Å². The molecule has 0 atom stereocenters. The normalized spacial score (nSPS) is 17.8. The van der Waals surface area contributed by atoms with Crippen LogP contribution in [-0.2, 0) is 4.79 Å². The average Bonchev–Trinajstić information content (AvgIpc) is 3.15. The van der Waals surface area contributed by atoms with E-state index in [4.69, 9.17) is 4.52 Å². The zero-order valence-corrected chi connectivity index (χ0v) is 16.0. The van der Waals surface area contributed by atoms with Crippen LogP contribution in [0.1, 0.15) is 42.6 Å². The predicted octanol–water partition coefficient (Wildman–Crippen LogP) is 3.39. The Hall–Kier alpha value is -2.77. The van der Waals surface area contributed by atoms with Crippen molar-refractivity contribution in [3.63, 3.8) is 0 Å². The summed E-state index contributed by atoms with van der Waals surface area (Å²) in [6.07, 6.45) is 4.87. The Labute approximate surface area is 167 Å². The van der Waals surface area contributed by atoms with Gasteiger partial charge in [0.05, 0.1) is 5.56 Å². The third-order valence-corrected chi connectivity index (χ3v) is 5.87. The molecule has 154 valence electrons. The maximum Gasteiger partial charge on any atom is 0.273 e. The number of hydrogen-bond donors (Lipinski definition) is 1. The minimum Gasteiger partial charge on any atom is -0.355 e. The molecular weight excluding hydrogens is 380 g/mol. The zero-order valence-electron chi connectivity index (χ0n) is 16.0. The molecule has 0 spiro atoms. The Morgan fingerprint density at radius 2 is 1.90 bits per heavy atom. The van der Waals surface area contributed by atoms with E-state index in [-0.39, 0.29) is 28.8 Å². The van der Waals surface area contributed by atoms with Crippen molar-refractivity contribution in [2.75, 3.05) is 19.6 Å². The number of piperidine rings is 1. The van der Waals surface area contributed by atoms with Crippen LogP contribution in [0.25, 0.3) is 11.3 Å². The number of rotatable bonds is 5. The number of nitrogens with one attached hydrogen (secondary N) is 1. The van der Waals surface area contributed by atoms with Gasteiger partial charge in [-0.05, 0) is 43.7 Å². The number of amides is 2. The molecule has 1 N–H and O–H groups in total. The van der Waals surface area contributed by atoms with Crippen LogP contribution in [0.15, 0.2) is 28.8 Å². The second kappa shape index (κ2) is 8.31. The molecule has 0 radical (unpaired) electrons. The highest BCUT2D eigenvalue weighted by molar-refractivity contribution is 5.93. The minimum absolute atomic E-state index is 0.0429. The third kappa shape index (κ3) is 4.31. The highest BCUT2D eigenvalue weighted by Gasteiger charge is 2.31. The molecule has 8 heteroatoms. The molecule has 1 saturated carbocycles. The summed E-state index contributed by atoms with van der Waals surface area (Å²) >= 11 is 0. The number of carbonyl (C=O) groups is 2. The van der Waals surface area contributed by atoms with Gasteiger partial charge in [0.25, 0.3) is 5.91 Å². The zero-order chi connectivity index (χ0) is 20.4. The van der Waals surface area contributed by atoms with Crippen LogP contribution < -0.4 is 5.32 Å². The van der Waals surface area contributed by atoms with Crippen molar-refractivity contribution in [1.82, 2.24) is 15.4 Å². The van der Waals surface area contributed by atoms with Crippen molar-refractivity contribution in [1.29, 1.82) is 0 Å². The molecule has 1 aliphatic carbocycles. The molecule has 6 nitrogen and oxygen atoms in total. The highest BCUT2D eigenvalue weighted by atomic mass is 19.1. The predicted molar refractivity (Wildman–Crippen MR) is 101 cm³/mol. The summed E-state index contributed by atoms with van der Waals surface area (Å²) in [6, 6.07) is 4.44. The van der Waals surface area contributed by atoms with Crippen LogP contribution >= 0.6 is 0 Å². The van der Waals surface area contributed by atoms with Gasteiger partial charge in [0.2, 0.25) is 5.91 Å². The van der Waals surface area contributed by atoms with E-state index in [1.807, 2.05) is 4.90 Å². The number of carbonyl (C=O) groups excluding carboxylic acids is 2. The largest absolute Gasteiger partial charge is 0.355 e. The van der Waals surface area contributed by atoms with Crippen LogP contribution in [0.4, 0.5) is 8.78 Å². The van der Waals surface area contributed by atoms with E-state index in [0.29, 0.717) is 12.5 Å². The summed E-state index contributed by atoms with van der Waals surface area (Å²) in [6.45, 7) is 1.94. The first kappa shape index (κ1) is 19.5. The lowest BCUT2D eigenvalue weighted by Gasteiger charge is -2.36. The molecule has 0 unspecified atom stereocenters. The van der Waals surface area contributed by atoms with Gasteiger partial charge < -0.3 is 14.7 Å². The lowest BCUT2D eigenvalue weighted by atomic mass is 9.83. The quantitative estimate of drug-likeness (QED) is 0.830. The molecule has 29 heavy (non-hydrogen) atoms. The van der Waals surface area contributed by atoms with Crippen LogP contribution in [0.5, 0.6) is 0 Å². The number of likely N-dealkylation sites (tertiary alicyclic amines) is 1. The summed E-state index contributed by atoms with van der Waals surface area (Å²) in [5.41, 5.74) is 0.0859. The number of aromatic nitrogens is 1. The molecule has 4 rings (SSSR count). The van der Waals surface area contributed by atoms with E-state index in [2.05, 4.69) is 10.5 Å². The molecule has 1 aliphatic heterocycles. The van der Waals surface area contributed by atoms with Crippen molar-refractivity contribution in [3.05, 3.63) is 41.6 Å². The van der Waals surface area contributed by atoms with E-state index in [1.165, 1.54) is 12.1 Å². The van der Waals surface area contributed by atoms with Crippen molar-refractivity contribution in [3.8, 4) is 11.3 Å². The van der Waals surface area contributed by atoms with E-state index in [0.717, 1.165) is 57.3 Å². The second-order valence-electron chi connectivity index (χ2n) is 7.81. The topological polar surface area (TPSA) is 75.4 Å². The van der Waals surface area contributed by atoms with Crippen molar-refractivity contribution in [2.45, 2.75) is 32.1 Å². The SMILES string of the molecule is O=C(NCC1CCN(C(=O)C2CCC2)CC1)c1cc(-c2ccc(F)cc2F)on1. The Kier molecular flexibility index (Phi) is 5.60. The van der Waals surface area contributed by atoms with Gasteiger partial charge in [-0.1, -0.05) is 11.6 Å². The Morgan fingerprint density at radius 3 is 2.55 bits per heavy atom. The maximum atomic E-state index is 13.8. The summed E-state index contributed by atoms with van der Waals surface area (Å²) < 4.78 is 31.9. The first-order valence-electron chi connectivity index (χ1n) is 10.0. The van der Waals surface area contributed by atoms with E-state index >= 15 is 0 Å². The molecule has 1 aromatic heterocycles. The molecular formula is C21H23F2N3O3. The molecule has 2 aliphatic rings. The van der Waals surface area contributed by atoms with Gasteiger partial charge in [-0.3, -0.25) is 9.59 Å². The molecule has 0 bridgehead atoms. The third-order valence-electron chi connectivity index (χ3n) is 5.87. The van der Waals surface area contributed by atoms with Crippen molar-refractivity contribution in [2.24, 2.45) is 11.8 Å². The molecule has 2 heterocycles. The Morgan fingerprint density at radius 1 is 1.14 bits per heavy atom. The molecule has 1 saturated heterocycles. The van der Waals surface area contributed by atoms with Gasteiger partial charge in [0, 0.05) is 37.7 Å². The van der Waals surface area contributed by atoms with Crippen molar-refractivity contribution < 1.29 is 22.9 Å². The van der Waals surface area contributed by atoms with Gasteiger partial charge in [-0.2, -0.15) is 0 Å². The first-order valence-corrected chi connectivity index (χ1v) is 10.0. The van der Waals surface area contributed by atoms with E-state index in [9.17, 15) is 18.4 Å². The van der Waals surface area contributed by atoms with Gasteiger partial charge in [-0.15, -0.1) is 0 Å². The van der Waals surface area contributed by atoms with Gasteiger partial charge in [-0.25, -0.2) is 8.78 Å². The summed E-state index contributed by atoms with van der Waals surface area (Å²) in [4.78, 5) is 26.6. The fourth-order valence-electron chi connectivity index (χ4n) is 3.80. The Bertz CT molecular complexity index is 902. The van der Waals surface area contributed by atoms with E-state index < -0.39 is 17.5 Å². The number of halogens is 2. The van der Waals surface area contributed by atoms with Gasteiger partial charge in [0.1, 0.15) is 11.6 Å². The second-order valence-corrected chi connectivity index (χ2v) is 7.81. The van der Waals surface area contributed by atoms with Crippen LogP contribution in [0, 0.1) is 23.5 Å². The minimum atomic E-state index is -0.781. The number of hydrogen-bond acceptors (Lipinski definition) is 4. The van der Waals surface area contributed by atoms with Gasteiger partial charge in [0.15, 0.2) is 11.5 Å². The number of benzene rings is 1. The summed E-state index contributed by atoms with van der Waals surface area (Å²) in [5, 5.41) is 6.52. The van der Waals surface area contributed by atoms with Crippen LogP contribution in [-0.4, -0.2) is 41.5 Å². The standard InChI is InChI=1S/C21H23F2N3O3/c22-15-4-5-16(17(23)10-15)19-11-18(25-29-19)20(27)24-12-13-6-8-26(9-7-13)21(28)14-2-1-3-14/h4-5,10-11,13-14H,1-3,6-9,12H2,(H,24,27). The molecule has 2 amide bonds. The summed E-state index contributed by atoms with van der Waals surface area (Å²) in [7, 11) is 0. The summed E-state index contributed by atoms with van der Waals surface area (Å²) in [5.74, 6) is -1.02. The fraction of sp³-hybridized carbons (Fsp3) is 0.476. The van der Waals surface area contributed by atoms with Crippen LogP contribution in [0.3, 0.4) is 0 Å². The number of nitrogens with zero attached hydrogens (tertiary/aromatic N) is 2. The molecule has 1 aromatic carbocycles. The lowest BCUT2D eigenvalue weighted by Crippen LogP contribution is -2.45. The Balaban J connectivity index is 1.27. The van der Waals surface area contributed by atoms with E-state index in [1.54, 1.807) is 0 Å². The molecule has 2 fully saturated rings. The lowest BCUT2D eigenvalue weighted by molar-refractivity contribution is -0.139. The average molecular weight is 403 g/mol. The van der Waals surface area contributed by atoms with Gasteiger partial charge >= 0.3 is 0 Å². The maximum absolute atomic E-state index is 13.8. The smallest absolute Gasteiger partial charge is 0.273 e. The molecule has 2 aromatic rings. The monoisotopic (exact) mass is 403 g/mol. The van der Waals surface area contributed by atoms with Crippen LogP contribution in [0.2, 0.25) is 0 Å². The highest BCUT2D eigenvalue weighted by Crippen LogP contribution is 2.30. The first-order chi connectivity index (χ1) is 14.0.